The van der Waals surface area contributed by atoms with Crippen molar-refractivity contribution in [2.75, 3.05) is 18.4 Å². The lowest BCUT2D eigenvalue weighted by Gasteiger charge is -2.30. The van der Waals surface area contributed by atoms with Gasteiger partial charge in [0, 0.05) is 37.6 Å². The zero-order valence-corrected chi connectivity index (χ0v) is 14.9. The predicted molar refractivity (Wildman–Crippen MR) is 97.1 cm³/mol. The van der Waals surface area contributed by atoms with E-state index in [9.17, 15) is 9.59 Å². The van der Waals surface area contributed by atoms with Gasteiger partial charge in [0.25, 0.3) is 0 Å². The number of piperidine rings is 1. The average molecular weight is 340 g/mol. The normalized spacial score (nSPS) is 15.2. The maximum Gasteiger partial charge on any atom is 0.228 e. The fourth-order valence-electron chi connectivity index (χ4n) is 3.35. The Morgan fingerprint density at radius 1 is 1.12 bits per heavy atom. The van der Waals surface area contributed by atoms with E-state index >= 15 is 0 Å². The van der Waals surface area contributed by atoms with Crippen LogP contribution in [0.3, 0.4) is 0 Å². The summed E-state index contributed by atoms with van der Waals surface area (Å²) in [5.41, 5.74) is 4.31. The highest BCUT2D eigenvalue weighted by Crippen LogP contribution is 2.24. The van der Waals surface area contributed by atoms with Gasteiger partial charge in [0.05, 0.1) is 5.69 Å². The average Bonchev–Trinajstić information content (AvgIpc) is 3.02. The molecule has 132 valence electrons. The van der Waals surface area contributed by atoms with Gasteiger partial charge in [0.2, 0.25) is 11.8 Å². The molecule has 3 rings (SSSR count). The molecule has 0 bridgehead atoms. The molecule has 25 heavy (non-hydrogen) atoms. The van der Waals surface area contributed by atoms with Gasteiger partial charge in [-0.3, -0.25) is 14.7 Å². The summed E-state index contributed by atoms with van der Waals surface area (Å²) in [5, 5.41) is 10.1. The van der Waals surface area contributed by atoms with E-state index in [1.54, 1.807) is 11.8 Å². The van der Waals surface area contributed by atoms with E-state index < -0.39 is 0 Å². The fraction of sp³-hybridized carbons (Fsp3) is 0.421. The number of H-pyrrole nitrogens is 1. The first-order valence-electron chi connectivity index (χ1n) is 8.63. The summed E-state index contributed by atoms with van der Waals surface area (Å²) in [6, 6.07) is 8.15. The van der Waals surface area contributed by atoms with Gasteiger partial charge in [0.15, 0.2) is 5.82 Å². The van der Waals surface area contributed by atoms with Crippen molar-refractivity contribution in [1.82, 2.24) is 15.1 Å². The summed E-state index contributed by atoms with van der Waals surface area (Å²) in [6.45, 7) is 6.97. The lowest BCUT2D eigenvalue weighted by atomic mass is 9.96. The maximum atomic E-state index is 12.4. The Kier molecular flexibility index (Phi) is 4.88. The molecule has 1 aliphatic rings. The highest BCUT2D eigenvalue weighted by atomic mass is 16.2. The zero-order chi connectivity index (χ0) is 18.0. The third kappa shape index (κ3) is 4.07. The molecule has 1 aliphatic heterocycles. The molecule has 0 spiro atoms. The van der Waals surface area contributed by atoms with Gasteiger partial charge >= 0.3 is 0 Å². The number of aryl methyl sites for hydroxylation is 2. The molecular weight excluding hydrogens is 316 g/mol. The van der Waals surface area contributed by atoms with Crippen LogP contribution >= 0.6 is 0 Å². The molecule has 0 unspecified atom stereocenters. The second-order valence-electron chi connectivity index (χ2n) is 6.81. The molecule has 1 aromatic carbocycles. The van der Waals surface area contributed by atoms with Crippen molar-refractivity contribution in [2.24, 2.45) is 5.92 Å². The Balaban J connectivity index is 1.63. The molecule has 1 fully saturated rings. The largest absolute Gasteiger partial charge is 0.343 e. The smallest absolute Gasteiger partial charge is 0.228 e. The minimum Gasteiger partial charge on any atom is -0.343 e. The number of aromatic amines is 1. The van der Waals surface area contributed by atoms with Crippen molar-refractivity contribution in [3.8, 4) is 11.3 Å². The topological polar surface area (TPSA) is 78.1 Å². The number of amides is 2. The lowest BCUT2D eigenvalue weighted by Crippen LogP contribution is -2.40. The van der Waals surface area contributed by atoms with Crippen LogP contribution in [0.1, 0.15) is 30.9 Å². The number of benzene rings is 1. The summed E-state index contributed by atoms with van der Waals surface area (Å²) in [6.07, 6.45) is 1.39. The van der Waals surface area contributed by atoms with Crippen molar-refractivity contribution in [1.29, 1.82) is 0 Å². The van der Waals surface area contributed by atoms with Gasteiger partial charge in [-0.1, -0.05) is 17.2 Å². The number of carbonyl (C=O) groups is 2. The summed E-state index contributed by atoms with van der Waals surface area (Å²) in [7, 11) is 0. The maximum absolute atomic E-state index is 12.4. The van der Waals surface area contributed by atoms with E-state index in [1.807, 2.05) is 6.07 Å². The monoisotopic (exact) mass is 340 g/mol. The fourth-order valence-corrected chi connectivity index (χ4v) is 3.35. The summed E-state index contributed by atoms with van der Waals surface area (Å²) in [4.78, 5) is 25.6. The number of nitrogens with one attached hydrogen (secondary N) is 2. The van der Waals surface area contributed by atoms with Crippen molar-refractivity contribution >= 4 is 17.6 Å². The first-order chi connectivity index (χ1) is 11.9. The highest BCUT2D eigenvalue weighted by molar-refractivity contribution is 5.92. The Labute approximate surface area is 147 Å². The van der Waals surface area contributed by atoms with Crippen LogP contribution in [0.15, 0.2) is 24.3 Å². The van der Waals surface area contributed by atoms with Crippen molar-refractivity contribution in [3.63, 3.8) is 0 Å². The molecule has 0 atom stereocenters. The minimum atomic E-state index is -0.0723. The van der Waals surface area contributed by atoms with E-state index in [2.05, 4.69) is 47.6 Å². The molecular formula is C19H24N4O2. The van der Waals surface area contributed by atoms with E-state index in [1.165, 1.54) is 11.1 Å². The highest BCUT2D eigenvalue weighted by Gasteiger charge is 2.26. The van der Waals surface area contributed by atoms with Crippen LogP contribution in [0.25, 0.3) is 11.3 Å². The molecule has 0 radical (unpaired) electrons. The number of nitrogens with zero attached hydrogens (tertiary/aromatic N) is 2. The molecule has 2 heterocycles. The van der Waals surface area contributed by atoms with Crippen LogP contribution in [-0.4, -0.2) is 40.0 Å². The van der Waals surface area contributed by atoms with Gasteiger partial charge in [-0.15, -0.1) is 0 Å². The zero-order valence-electron chi connectivity index (χ0n) is 14.9. The second-order valence-corrected chi connectivity index (χ2v) is 6.81. The number of rotatable bonds is 3. The van der Waals surface area contributed by atoms with Gasteiger partial charge in [-0.05, 0) is 38.8 Å². The molecule has 6 heteroatoms. The Morgan fingerprint density at radius 3 is 2.36 bits per heavy atom. The second kappa shape index (κ2) is 7.09. The van der Waals surface area contributed by atoms with Gasteiger partial charge in [0.1, 0.15) is 0 Å². The number of likely N-dealkylation sites (tertiary alicyclic amines) is 1. The Hall–Kier alpha value is -2.63. The van der Waals surface area contributed by atoms with Crippen LogP contribution in [0.5, 0.6) is 0 Å². The van der Waals surface area contributed by atoms with E-state index in [-0.39, 0.29) is 17.7 Å². The number of aromatic nitrogens is 2. The molecule has 2 N–H and O–H groups in total. The molecule has 2 aromatic rings. The van der Waals surface area contributed by atoms with Crippen molar-refractivity contribution < 1.29 is 9.59 Å². The minimum absolute atomic E-state index is 0.0262. The number of hydrogen-bond acceptors (Lipinski definition) is 3. The van der Waals surface area contributed by atoms with Crippen LogP contribution in [-0.2, 0) is 9.59 Å². The SMILES string of the molecule is CC(=O)N1CCC(C(=O)Nc2cc(-c3cc(C)cc(C)c3)[nH]n2)CC1. The summed E-state index contributed by atoms with van der Waals surface area (Å²) in [5.74, 6) is 0.510. The van der Waals surface area contributed by atoms with E-state index in [0.29, 0.717) is 31.7 Å². The third-order valence-corrected chi connectivity index (χ3v) is 4.67. The van der Waals surface area contributed by atoms with Gasteiger partial charge in [-0.2, -0.15) is 5.10 Å². The third-order valence-electron chi connectivity index (χ3n) is 4.67. The first-order valence-corrected chi connectivity index (χ1v) is 8.63. The van der Waals surface area contributed by atoms with Crippen LogP contribution < -0.4 is 5.32 Å². The molecule has 6 nitrogen and oxygen atoms in total. The van der Waals surface area contributed by atoms with Crippen molar-refractivity contribution in [2.45, 2.75) is 33.6 Å². The van der Waals surface area contributed by atoms with Crippen molar-refractivity contribution in [3.05, 3.63) is 35.4 Å². The van der Waals surface area contributed by atoms with E-state index in [0.717, 1.165) is 11.3 Å². The Morgan fingerprint density at radius 2 is 1.76 bits per heavy atom. The van der Waals surface area contributed by atoms with E-state index in [4.69, 9.17) is 0 Å². The molecule has 0 aliphatic carbocycles. The summed E-state index contributed by atoms with van der Waals surface area (Å²) >= 11 is 0. The van der Waals surface area contributed by atoms with Gasteiger partial charge < -0.3 is 10.2 Å². The van der Waals surface area contributed by atoms with Crippen LogP contribution in [0.2, 0.25) is 0 Å². The number of anilines is 1. The standard InChI is InChI=1S/C19H24N4O2/c1-12-8-13(2)10-16(9-12)17-11-18(22-21-17)20-19(25)15-4-6-23(7-5-15)14(3)24/h8-11,15H,4-7H2,1-3H3,(H2,20,21,22,25). The molecule has 2 amide bonds. The van der Waals surface area contributed by atoms with Gasteiger partial charge in [-0.25, -0.2) is 0 Å². The molecule has 1 saturated heterocycles. The lowest BCUT2D eigenvalue weighted by molar-refractivity contribution is -0.132. The Bertz CT molecular complexity index is 768. The molecule has 0 saturated carbocycles. The number of carbonyl (C=O) groups excluding carboxylic acids is 2. The van der Waals surface area contributed by atoms with Crippen LogP contribution in [0.4, 0.5) is 5.82 Å². The van der Waals surface area contributed by atoms with Crippen LogP contribution in [0, 0.1) is 19.8 Å². The number of hydrogen-bond donors (Lipinski definition) is 2. The summed E-state index contributed by atoms with van der Waals surface area (Å²) < 4.78 is 0. The molecule has 1 aromatic heterocycles. The predicted octanol–water partition coefficient (Wildman–Crippen LogP) is 2.89. The first kappa shape index (κ1) is 17.2. The quantitative estimate of drug-likeness (QED) is 0.902.